The van der Waals surface area contributed by atoms with E-state index >= 15 is 0 Å². The molecule has 1 aliphatic rings. The van der Waals surface area contributed by atoms with E-state index in [4.69, 9.17) is 10.00 Å². The predicted molar refractivity (Wildman–Crippen MR) is 51.2 cm³/mol. The summed E-state index contributed by atoms with van der Waals surface area (Å²) in [5.74, 6) is -0.0690. The van der Waals surface area contributed by atoms with Gasteiger partial charge in [0.1, 0.15) is 0 Å². The molecule has 86 valence electrons. The number of nitrogens with zero attached hydrogens (tertiary/aromatic N) is 1. The molecule has 6 heteroatoms. The van der Waals surface area contributed by atoms with Gasteiger partial charge in [0.05, 0.1) is 18.1 Å². The Morgan fingerprint density at radius 1 is 1.47 bits per heavy atom. The van der Waals surface area contributed by atoms with E-state index in [1.54, 1.807) is 0 Å². The molecule has 1 saturated heterocycles. The molecule has 0 aromatic carbocycles. The van der Waals surface area contributed by atoms with Crippen molar-refractivity contribution in [3.8, 4) is 6.07 Å². The zero-order valence-electron chi connectivity index (χ0n) is 8.14. The molecule has 1 aliphatic heterocycles. The Morgan fingerprint density at radius 2 is 2.20 bits per heavy atom. The molecule has 0 aliphatic carbocycles. The van der Waals surface area contributed by atoms with Gasteiger partial charge in [0.15, 0.2) is 0 Å². The van der Waals surface area contributed by atoms with Crippen LogP contribution < -0.4 is 0 Å². The highest BCUT2D eigenvalue weighted by Crippen LogP contribution is 2.37. The third-order valence-electron chi connectivity index (χ3n) is 2.41. The molecule has 0 saturated carbocycles. The van der Waals surface area contributed by atoms with Crippen LogP contribution >= 0.6 is 11.8 Å². The van der Waals surface area contributed by atoms with Crippen LogP contribution in [0.1, 0.15) is 19.3 Å². The minimum absolute atomic E-state index is 0.0655. The molecule has 0 aromatic rings. The van der Waals surface area contributed by atoms with Crippen LogP contribution in [0, 0.1) is 16.7 Å². The molecule has 0 amide bonds. The summed E-state index contributed by atoms with van der Waals surface area (Å²) in [6.45, 7) is 0.873. The van der Waals surface area contributed by atoms with Crippen LogP contribution in [0.25, 0.3) is 0 Å². The van der Waals surface area contributed by atoms with Gasteiger partial charge in [-0.05, 0) is 19.3 Å². The standard InChI is InChI=1S/C9H12F3NOS/c10-9(11,12)15-5-3-8(6-13)2-1-4-14-7-8/h1-5,7H2. The Balaban J connectivity index is 2.37. The highest BCUT2D eigenvalue weighted by atomic mass is 32.2. The maximum atomic E-state index is 11.9. The smallest absolute Gasteiger partial charge is 0.380 e. The zero-order valence-corrected chi connectivity index (χ0v) is 8.96. The third-order valence-corrected chi connectivity index (χ3v) is 3.14. The lowest BCUT2D eigenvalue weighted by Gasteiger charge is -2.30. The first-order valence-electron chi connectivity index (χ1n) is 4.67. The molecule has 1 heterocycles. The number of alkyl halides is 3. The summed E-state index contributed by atoms with van der Waals surface area (Å²) >= 11 is -0.0655. The highest BCUT2D eigenvalue weighted by molar-refractivity contribution is 8.00. The van der Waals surface area contributed by atoms with Gasteiger partial charge in [-0.25, -0.2) is 0 Å². The fourth-order valence-electron chi connectivity index (χ4n) is 1.56. The van der Waals surface area contributed by atoms with E-state index in [2.05, 4.69) is 6.07 Å². The molecule has 1 atom stereocenters. The third kappa shape index (κ3) is 4.31. The molecule has 1 rings (SSSR count). The van der Waals surface area contributed by atoms with E-state index in [9.17, 15) is 13.2 Å². The summed E-state index contributed by atoms with van der Waals surface area (Å²) < 4.78 is 40.8. The second kappa shape index (κ2) is 5.08. The summed E-state index contributed by atoms with van der Waals surface area (Å²) in [4.78, 5) is 0. The Bertz CT molecular complexity index is 243. The van der Waals surface area contributed by atoms with Crippen molar-refractivity contribution in [3.05, 3.63) is 0 Å². The number of rotatable bonds is 3. The first-order valence-corrected chi connectivity index (χ1v) is 5.66. The van der Waals surface area contributed by atoms with Crippen molar-refractivity contribution in [1.29, 1.82) is 5.26 Å². The average Bonchev–Trinajstić information content (AvgIpc) is 2.17. The Morgan fingerprint density at radius 3 is 2.67 bits per heavy atom. The van der Waals surface area contributed by atoms with Gasteiger partial charge in [-0.2, -0.15) is 18.4 Å². The summed E-state index contributed by atoms with van der Waals surface area (Å²) in [6, 6.07) is 2.10. The van der Waals surface area contributed by atoms with Crippen molar-refractivity contribution in [2.75, 3.05) is 19.0 Å². The number of ether oxygens (including phenoxy) is 1. The summed E-state index contributed by atoms with van der Waals surface area (Å²) in [7, 11) is 0. The normalized spacial score (nSPS) is 27.3. The fraction of sp³-hybridized carbons (Fsp3) is 0.889. The van der Waals surface area contributed by atoms with Gasteiger partial charge in [0.2, 0.25) is 0 Å². The van der Waals surface area contributed by atoms with Crippen LogP contribution in [0.3, 0.4) is 0 Å². The van der Waals surface area contributed by atoms with Crippen LogP contribution in [-0.2, 0) is 4.74 Å². The van der Waals surface area contributed by atoms with Gasteiger partial charge < -0.3 is 4.74 Å². The Hall–Kier alpha value is -0.410. The highest BCUT2D eigenvalue weighted by Gasteiger charge is 2.35. The second-order valence-electron chi connectivity index (χ2n) is 3.59. The molecule has 1 fully saturated rings. The lowest BCUT2D eigenvalue weighted by Crippen LogP contribution is -2.31. The van der Waals surface area contributed by atoms with E-state index in [1.165, 1.54) is 0 Å². The fourth-order valence-corrected chi connectivity index (χ4v) is 2.28. The largest absolute Gasteiger partial charge is 0.441 e. The first-order chi connectivity index (χ1) is 6.97. The molecule has 0 spiro atoms. The van der Waals surface area contributed by atoms with E-state index in [1.807, 2.05) is 0 Å². The van der Waals surface area contributed by atoms with Crippen molar-refractivity contribution in [2.24, 2.45) is 5.41 Å². The van der Waals surface area contributed by atoms with Gasteiger partial charge in [0, 0.05) is 12.4 Å². The van der Waals surface area contributed by atoms with Crippen LogP contribution in [0.4, 0.5) is 13.2 Å². The van der Waals surface area contributed by atoms with E-state index < -0.39 is 10.9 Å². The molecular weight excluding hydrogens is 227 g/mol. The van der Waals surface area contributed by atoms with Crippen molar-refractivity contribution in [2.45, 2.75) is 24.8 Å². The number of thioether (sulfide) groups is 1. The van der Waals surface area contributed by atoms with Crippen molar-refractivity contribution < 1.29 is 17.9 Å². The Labute approximate surface area is 90.8 Å². The molecule has 15 heavy (non-hydrogen) atoms. The molecule has 0 aromatic heterocycles. The Kier molecular flexibility index (Phi) is 4.29. The maximum absolute atomic E-state index is 11.9. The number of halogens is 3. The van der Waals surface area contributed by atoms with Crippen LogP contribution in [0.15, 0.2) is 0 Å². The van der Waals surface area contributed by atoms with Crippen LogP contribution in [-0.4, -0.2) is 24.5 Å². The average molecular weight is 239 g/mol. The van der Waals surface area contributed by atoms with Gasteiger partial charge in [0.25, 0.3) is 0 Å². The van der Waals surface area contributed by atoms with E-state index in [0.29, 0.717) is 13.0 Å². The minimum Gasteiger partial charge on any atom is -0.380 e. The molecule has 1 unspecified atom stereocenters. The number of nitriles is 1. The van der Waals surface area contributed by atoms with Gasteiger partial charge in [-0.3, -0.25) is 0 Å². The maximum Gasteiger partial charge on any atom is 0.441 e. The monoisotopic (exact) mass is 239 g/mol. The van der Waals surface area contributed by atoms with Crippen molar-refractivity contribution in [1.82, 2.24) is 0 Å². The minimum atomic E-state index is -4.20. The summed E-state index contributed by atoms with van der Waals surface area (Å²) in [5.41, 5.74) is -4.90. The summed E-state index contributed by atoms with van der Waals surface area (Å²) in [6.07, 6.45) is 1.64. The number of hydrogen-bond acceptors (Lipinski definition) is 3. The topological polar surface area (TPSA) is 33.0 Å². The van der Waals surface area contributed by atoms with Crippen LogP contribution in [0.5, 0.6) is 0 Å². The van der Waals surface area contributed by atoms with Gasteiger partial charge >= 0.3 is 5.51 Å². The molecule has 0 radical (unpaired) electrons. The molecule has 0 N–H and O–H groups in total. The quantitative estimate of drug-likeness (QED) is 0.759. The number of hydrogen-bond donors (Lipinski definition) is 0. The van der Waals surface area contributed by atoms with E-state index in [0.717, 1.165) is 6.42 Å². The summed E-state index contributed by atoms with van der Waals surface area (Å²) in [5, 5.41) is 8.95. The van der Waals surface area contributed by atoms with Crippen LogP contribution in [0.2, 0.25) is 0 Å². The van der Waals surface area contributed by atoms with Crippen molar-refractivity contribution in [3.63, 3.8) is 0 Å². The molecule has 0 bridgehead atoms. The van der Waals surface area contributed by atoms with E-state index in [-0.39, 0.29) is 30.5 Å². The molecular formula is C9H12F3NOS. The predicted octanol–water partition coefficient (Wildman–Crippen LogP) is 2.95. The SMILES string of the molecule is N#CC1(CCSC(F)(F)F)CCCOC1. The lowest BCUT2D eigenvalue weighted by atomic mass is 9.82. The lowest BCUT2D eigenvalue weighted by molar-refractivity contribution is -0.0332. The van der Waals surface area contributed by atoms with Gasteiger partial charge in [-0.15, -0.1) is 0 Å². The first kappa shape index (κ1) is 12.7. The zero-order chi connectivity index (χ0) is 11.4. The van der Waals surface area contributed by atoms with Gasteiger partial charge in [-0.1, -0.05) is 11.8 Å². The van der Waals surface area contributed by atoms with Crippen molar-refractivity contribution >= 4 is 11.8 Å². The second-order valence-corrected chi connectivity index (χ2v) is 4.75. The molecule has 2 nitrogen and oxygen atoms in total.